The number of ether oxygens (including phenoxy) is 1. The summed E-state index contributed by atoms with van der Waals surface area (Å²) in [7, 11) is 0. The highest BCUT2D eigenvalue weighted by atomic mass is 16.5. The average Bonchev–Trinajstić information content (AvgIpc) is 2.36. The van der Waals surface area contributed by atoms with Crippen molar-refractivity contribution in [3.63, 3.8) is 0 Å². The third kappa shape index (κ3) is 3.32. The zero-order chi connectivity index (χ0) is 13.8. The molecule has 0 saturated heterocycles. The fourth-order valence-electron chi connectivity index (χ4n) is 2.06. The molecule has 0 spiro atoms. The number of hydrogen-bond donors (Lipinski definition) is 1. The largest absolute Gasteiger partial charge is 0.455 e. The monoisotopic (exact) mass is 256 g/mol. The smallest absolute Gasteiger partial charge is 0.145 e. The van der Waals surface area contributed by atoms with E-state index in [1.807, 2.05) is 12.3 Å². The lowest BCUT2D eigenvalue weighted by atomic mass is 10.1. The predicted molar refractivity (Wildman–Crippen MR) is 77.7 cm³/mol. The van der Waals surface area contributed by atoms with Gasteiger partial charge in [-0.15, -0.1) is 0 Å². The summed E-state index contributed by atoms with van der Waals surface area (Å²) in [6, 6.07) is 6.21. The minimum Gasteiger partial charge on any atom is -0.455 e. The standard InChI is InChI=1S/C16H20N2O/c1-11-6-12(2)13(3)16(7-11)19-15-8-14(4-5-17)9-18-10-15/h6-10H,4-5,17H2,1-3H3. The van der Waals surface area contributed by atoms with Crippen LogP contribution in [0.4, 0.5) is 0 Å². The molecule has 3 nitrogen and oxygen atoms in total. The zero-order valence-electron chi connectivity index (χ0n) is 11.7. The second-order valence-corrected chi connectivity index (χ2v) is 4.87. The maximum absolute atomic E-state index is 5.95. The lowest BCUT2D eigenvalue weighted by Gasteiger charge is -2.12. The van der Waals surface area contributed by atoms with E-state index >= 15 is 0 Å². The fourth-order valence-corrected chi connectivity index (χ4v) is 2.06. The average molecular weight is 256 g/mol. The highest BCUT2D eigenvalue weighted by molar-refractivity contribution is 5.44. The fraction of sp³-hybridized carbons (Fsp3) is 0.312. The van der Waals surface area contributed by atoms with Crippen LogP contribution < -0.4 is 10.5 Å². The van der Waals surface area contributed by atoms with Gasteiger partial charge < -0.3 is 10.5 Å². The van der Waals surface area contributed by atoms with Crippen molar-refractivity contribution in [1.82, 2.24) is 4.98 Å². The Hall–Kier alpha value is -1.87. The van der Waals surface area contributed by atoms with Crippen molar-refractivity contribution in [3.8, 4) is 11.5 Å². The molecular formula is C16H20N2O. The van der Waals surface area contributed by atoms with Gasteiger partial charge in [-0.1, -0.05) is 6.07 Å². The number of aryl methyl sites for hydroxylation is 2. The summed E-state index contributed by atoms with van der Waals surface area (Å²) in [6.45, 7) is 6.86. The Kier molecular flexibility index (Phi) is 4.17. The molecule has 0 bridgehead atoms. The summed E-state index contributed by atoms with van der Waals surface area (Å²) in [5.41, 5.74) is 10.3. The minimum absolute atomic E-state index is 0.619. The molecule has 0 aliphatic carbocycles. The van der Waals surface area contributed by atoms with Gasteiger partial charge in [-0.05, 0) is 68.1 Å². The molecule has 2 aromatic rings. The van der Waals surface area contributed by atoms with E-state index in [0.717, 1.165) is 29.0 Å². The molecule has 0 amide bonds. The second-order valence-electron chi connectivity index (χ2n) is 4.87. The van der Waals surface area contributed by atoms with Gasteiger partial charge in [0.1, 0.15) is 11.5 Å². The minimum atomic E-state index is 0.619. The SMILES string of the molecule is Cc1cc(C)c(C)c(Oc2cncc(CCN)c2)c1. The van der Waals surface area contributed by atoms with Crippen LogP contribution in [0, 0.1) is 20.8 Å². The Bertz CT molecular complexity index is 579. The Balaban J connectivity index is 2.28. The first-order valence-electron chi connectivity index (χ1n) is 6.50. The van der Waals surface area contributed by atoms with Crippen molar-refractivity contribution in [2.45, 2.75) is 27.2 Å². The molecular weight excluding hydrogens is 236 g/mol. The molecule has 1 aromatic carbocycles. The first-order chi connectivity index (χ1) is 9.10. The van der Waals surface area contributed by atoms with Gasteiger partial charge in [0.05, 0.1) is 6.20 Å². The normalized spacial score (nSPS) is 10.5. The van der Waals surface area contributed by atoms with Crippen LogP contribution in [-0.2, 0) is 6.42 Å². The summed E-state index contributed by atoms with van der Waals surface area (Å²) in [5, 5.41) is 0. The molecule has 0 radical (unpaired) electrons. The Morgan fingerprint density at radius 1 is 1.11 bits per heavy atom. The number of nitrogens with zero attached hydrogens (tertiary/aromatic N) is 1. The summed E-state index contributed by atoms with van der Waals surface area (Å²) in [6.07, 6.45) is 4.38. The van der Waals surface area contributed by atoms with E-state index in [0.29, 0.717) is 6.54 Å². The Morgan fingerprint density at radius 2 is 1.89 bits per heavy atom. The van der Waals surface area contributed by atoms with Crippen LogP contribution in [0.2, 0.25) is 0 Å². The van der Waals surface area contributed by atoms with Gasteiger partial charge in [-0.2, -0.15) is 0 Å². The van der Waals surface area contributed by atoms with Crippen molar-refractivity contribution < 1.29 is 4.74 Å². The van der Waals surface area contributed by atoms with Crippen LogP contribution in [0.25, 0.3) is 0 Å². The third-order valence-corrected chi connectivity index (χ3v) is 3.19. The van der Waals surface area contributed by atoms with E-state index in [9.17, 15) is 0 Å². The summed E-state index contributed by atoms with van der Waals surface area (Å²) in [4.78, 5) is 4.19. The Labute approximate surface area is 114 Å². The van der Waals surface area contributed by atoms with E-state index in [1.54, 1.807) is 6.20 Å². The maximum Gasteiger partial charge on any atom is 0.145 e. The first kappa shape index (κ1) is 13.6. The van der Waals surface area contributed by atoms with Gasteiger partial charge in [0.15, 0.2) is 0 Å². The van der Waals surface area contributed by atoms with E-state index in [1.165, 1.54) is 11.1 Å². The van der Waals surface area contributed by atoms with E-state index < -0.39 is 0 Å². The number of benzene rings is 1. The van der Waals surface area contributed by atoms with Crippen LogP contribution in [0.3, 0.4) is 0 Å². The van der Waals surface area contributed by atoms with Gasteiger partial charge in [0.2, 0.25) is 0 Å². The second kappa shape index (κ2) is 5.85. The number of rotatable bonds is 4. The van der Waals surface area contributed by atoms with Crippen molar-refractivity contribution >= 4 is 0 Å². The molecule has 0 atom stereocenters. The predicted octanol–water partition coefficient (Wildman–Crippen LogP) is 3.30. The van der Waals surface area contributed by atoms with Crippen LogP contribution >= 0.6 is 0 Å². The molecule has 1 heterocycles. The van der Waals surface area contributed by atoms with Crippen molar-refractivity contribution in [2.24, 2.45) is 5.73 Å². The molecule has 0 saturated carbocycles. The molecule has 1 aromatic heterocycles. The van der Waals surface area contributed by atoms with Crippen LogP contribution in [0.15, 0.2) is 30.6 Å². The van der Waals surface area contributed by atoms with Gasteiger partial charge in [-0.3, -0.25) is 4.98 Å². The molecule has 0 fully saturated rings. The van der Waals surface area contributed by atoms with Crippen molar-refractivity contribution in [1.29, 1.82) is 0 Å². The van der Waals surface area contributed by atoms with Crippen molar-refractivity contribution in [3.05, 3.63) is 52.8 Å². The topological polar surface area (TPSA) is 48.1 Å². The summed E-state index contributed by atoms with van der Waals surface area (Å²) in [5.74, 6) is 1.66. The van der Waals surface area contributed by atoms with Crippen molar-refractivity contribution in [2.75, 3.05) is 6.54 Å². The quantitative estimate of drug-likeness (QED) is 0.913. The molecule has 0 aliphatic heterocycles. The van der Waals surface area contributed by atoms with Crippen LogP contribution in [0.5, 0.6) is 11.5 Å². The first-order valence-corrected chi connectivity index (χ1v) is 6.50. The number of aromatic nitrogens is 1. The lowest BCUT2D eigenvalue weighted by molar-refractivity contribution is 0.475. The summed E-state index contributed by atoms with van der Waals surface area (Å²) < 4.78 is 5.95. The maximum atomic E-state index is 5.95. The number of hydrogen-bond acceptors (Lipinski definition) is 3. The molecule has 100 valence electrons. The highest BCUT2D eigenvalue weighted by Crippen LogP contribution is 2.28. The van der Waals surface area contributed by atoms with Gasteiger partial charge in [0.25, 0.3) is 0 Å². The molecule has 2 N–H and O–H groups in total. The van der Waals surface area contributed by atoms with Crippen LogP contribution in [-0.4, -0.2) is 11.5 Å². The number of pyridine rings is 1. The Morgan fingerprint density at radius 3 is 2.63 bits per heavy atom. The summed E-state index contributed by atoms with van der Waals surface area (Å²) >= 11 is 0. The van der Waals surface area contributed by atoms with E-state index in [4.69, 9.17) is 10.5 Å². The molecule has 2 rings (SSSR count). The van der Waals surface area contributed by atoms with Crippen LogP contribution in [0.1, 0.15) is 22.3 Å². The molecule has 0 unspecified atom stereocenters. The molecule has 0 aliphatic rings. The molecule has 3 heteroatoms. The van der Waals surface area contributed by atoms with E-state index in [2.05, 4.69) is 37.9 Å². The highest BCUT2D eigenvalue weighted by Gasteiger charge is 2.06. The molecule has 19 heavy (non-hydrogen) atoms. The van der Waals surface area contributed by atoms with E-state index in [-0.39, 0.29) is 0 Å². The van der Waals surface area contributed by atoms with Gasteiger partial charge >= 0.3 is 0 Å². The van der Waals surface area contributed by atoms with Gasteiger partial charge in [0, 0.05) is 6.20 Å². The zero-order valence-corrected chi connectivity index (χ0v) is 11.7. The lowest BCUT2D eigenvalue weighted by Crippen LogP contribution is -2.03. The number of nitrogens with two attached hydrogens (primary N) is 1. The third-order valence-electron chi connectivity index (χ3n) is 3.19. The van der Waals surface area contributed by atoms with Gasteiger partial charge in [-0.25, -0.2) is 0 Å².